The molecule has 20 heavy (non-hydrogen) atoms. The number of hydrogen-bond acceptors (Lipinski definition) is 4. The zero-order valence-corrected chi connectivity index (χ0v) is 13.2. The Morgan fingerprint density at radius 3 is 2.50 bits per heavy atom. The third-order valence-electron chi connectivity index (χ3n) is 3.11. The van der Waals surface area contributed by atoms with Gasteiger partial charge in [-0.3, -0.25) is 4.90 Å². The van der Waals surface area contributed by atoms with Gasteiger partial charge in [0, 0.05) is 26.2 Å². The molecule has 0 spiro atoms. The minimum Gasteiger partial charge on any atom is -0.390 e. The molecular weight excluding hydrogens is 323 g/mol. The van der Waals surface area contributed by atoms with Crippen molar-refractivity contribution in [1.82, 2.24) is 4.90 Å². The van der Waals surface area contributed by atoms with Crippen LogP contribution in [0.4, 0.5) is 5.69 Å². The zero-order valence-electron chi connectivity index (χ0n) is 10.9. The number of rotatable bonds is 5. The Hall–Kier alpha value is -0.230. The van der Waals surface area contributed by atoms with E-state index in [1.165, 1.54) is 0 Å². The van der Waals surface area contributed by atoms with Gasteiger partial charge in [-0.1, -0.05) is 34.8 Å². The molecule has 7 heteroatoms. The maximum atomic E-state index is 10.0. The summed E-state index contributed by atoms with van der Waals surface area (Å²) in [5.41, 5.74) is 0.669. The first-order valence-electron chi connectivity index (χ1n) is 6.43. The first kappa shape index (κ1) is 16.1. The SMILES string of the molecule is OC(CNc1cc(Cl)c(Cl)cc1Cl)CN1CCOCC1. The van der Waals surface area contributed by atoms with Crippen LogP contribution in [0, 0.1) is 0 Å². The Kier molecular flexibility index (Phi) is 6.20. The minimum atomic E-state index is -0.487. The number of β-amino-alcohol motifs (C(OH)–C–C–N with tert-alkyl or cyclic N) is 1. The van der Waals surface area contributed by atoms with Crippen molar-refractivity contribution >= 4 is 40.5 Å². The highest BCUT2D eigenvalue weighted by Gasteiger charge is 2.15. The summed E-state index contributed by atoms with van der Waals surface area (Å²) in [4.78, 5) is 2.17. The van der Waals surface area contributed by atoms with Crippen molar-refractivity contribution in [3.05, 3.63) is 27.2 Å². The Morgan fingerprint density at radius 2 is 1.80 bits per heavy atom. The smallest absolute Gasteiger partial charge is 0.0839 e. The van der Waals surface area contributed by atoms with E-state index in [0.717, 1.165) is 26.3 Å². The number of morpholine rings is 1. The van der Waals surface area contributed by atoms with Gasteiger partial charge in [0.25, 0.3) is 0 Å². The van der Waals surface area contributed by atoms with Gasteiger partial charge in [-0.05, 0) is 12.1 Å². The number of hydrogen-bond donors (Lipinski definition) is 2. The molecule has 1 heterocycles. The van der Waals surface area contributed by atoms with Crippen LogP contribution in [0.1, 0.15) is 0 Å². The van der Waals surface area contributed by atoms with Gasteiger partial charge in [-0.25, -0.2) is 0 Å². The van der Waals surface area contributed by atoms with Gasteiger partial charge in [-0.2, -0.15) is 0 Å². The molecule has 2 N–H and O–H groups in total. The van der Waals surface area contributed by atoms with Crippen molar-refractivity contribution in [2.24, 2.45) is 0 Å². The van der Waals surface area contributed by atoms with Gasteiger partial charge in [0.1, 0.15) is 0 Å². The number of anilines is 1. The van der Waals surface area contributed by atoms with Gasteiger partial charge in [0.05, 0.1) is 40.1 Å². The standard InChI is InChI=1S/C13H17Cl3N2O2/c14-10-5-12(16)13(6-11(10)15)17-7-9(19)8-18-1-3-20-4-2-18/h5-6,9,17,19H,1-4,7-8H2. The molecule has 1 aromatic carbocycles. The fraction of sp³-hybridized carbons (Fsp3) is 0.538. The summed E-state index contributed by atoms with van der Waals surface area (Å²) >= 11 is 17.9. The monoisotopic (exact) mass is 338 g/mol. The Bertz CT molecular complexity index is 453. The molecule has 0 radical (unpaired) electrons. The fourth-order valence-corrected chi connectivity index (χ4v) is 2.65. The van der Waals surface area contributed by atoms with E-state index in [0.29, 0.717) is 33.8 Å². The summed E-state index contributed by atoms with van der Waals surface area (Å²) in [6.07, 6.45) is -0.487. The Morgan fingerprint density at radius 1 is 1.15 bits per heavy atom. The van der Waals surface area contributed by atoms with Crippen molar-refractivity contribution in [3.8, 4) is 0 Å². The third-order valence-corrected chi connectivity index (χ3v) is 4.15. The second-order valence-corrected chi connectivity index (χ2v) is 5.92. The maximum Gasteiger partial charge on any atom is 0.0839 e. The number of ether oxygens (including phenoxy) is 1. The van der Waals surface area contributed by atoms with Crippen LogP contribution < -0.4 is 5.32 Å². The van der Waals surface area contributed by atoms with Crippen LogP contribution in [-0.2, 0) is 4.74 Å². The lowest BCUT2D eigenvalue weighted by Gasteiger charge is -2.28. The molecule has 4 nitrogen and oxygen atoms in total. The van der Waals surface area contributed by atoms with Crippen LogP contribution in [0.2, 0.25) is 15.1 Å². The predicted molar refractivity (Wildman–Crippen MR) is 83.2 cm³/mol. The molecule has 1 aliphatic heterocycles. The molecule has 1 unspecified atom stereocenters. The van der Waals surface area contributed by atoms with E-state index in [9.17, 15) is 5.11 Å². The van der Waals surface area contributed by atoms with E-state index in [2.05, 4.69) is 10.2 Å². The van der Waals surface area contributed by atoms with Crippen LogP contribution >= 0.6 is 34.8 Å². The van der Waals surface area contributed by atoms with Crippen molar-refractivity contribution in [2.75, 3.05) is 44.7 Å². The first-order chi connectivity index (χ1) is 9.56. The van der Waals surface area contributed by atoms with Crippen LogP contribution in [0.15, 0.2) is 12.1 Å². The second kappa shape index (κ2) is 7.69. The lowest BCUT2D eigenvalue weighted by molar-refractivity contribution is 0.0171. The topological polar surface area (TPSA) is 44.7 Å². The fourth-order valence-electron chi connectivity index (χ4n) is 2.03. The quantitative estimate of drug-likeness (QED) is 0.810. The summed E-state index contributed by atoms with van der Waals surface area (Å²) in [5.74, 6) is 0. The highest BCUT2D eigenvalue weighted by atomic mass is 35.5. The third kappa shape index (κ3) is 4.65. The predicted octanol–water partition coefficient (Wildman–Crippen LogP) is 2.75. The summed E-state index contributed by atoms with van der Waals surface area (Å²) in [5, 5.41) is 14.4. The van der Waals surface area contributed by atoms with Gasteiger partial charge in [0.2, 0.25) is 0 Å². The summed E-state index contributed by atoms with van der Waals surface area (Å²) in [6.45, 7) is 4.15. The van der Waals surface area contributed by atoms with Crippen LogP contribution in [0.25, 0.3) is 0 Å². The Labute approximate surface area is 133 Å². The molecule has 0 saturated carbocycles. The van der Waals surface area contributed by atoms with Gasteiger partial charge >= 0.3 is 0 Å². The molecule has 1 saturated heterocycles. The number of aliphatic hydroxyl groups excluding tert-OH is 1. The minimum absolute atomic E-state index is 0.398. The van der Waals surface area contributed by atoms with Crippen molar-refractivity contribution in [1.29, 1.82) is 0 Å². The molecule has 1 aromatic rings. The molecular formula is C13H17Cl3N2O2. The summed E-state index contributed by atoms with van der Waals surface area (Å²) < 4.78 is 5.27. The number of aliphatic hydroxyl groups is 1. The lowest BCUT2D eigenvalue weighted by atomic mass is 10.2. The van der Waals surface area contributed by atoms with Gasteiger partial charge in [-0.15, -0.1) is 0 Å². The number of halogens is 3. The van der Waals surface area contributed by atoms with E-state index < -0.39 is 6.10 Å². The highest BCUT2D eigenvalue weighted by Crippen LogP contribution is 2.32. The number of nitrogens with one attached hydrogen (secondary N) is 1. The van der Waals surface area contributed by atoms with E-state index in [4.69, 9.17) is 39.5 Å². The molecule has 2 rings (SSSR count). The number of nitrogens with zero attached hydrogens (tertiary/aromatic N) is 1. The normalized spacial score (nSPS) is 18.0. The molecule has 1 fully saturated rings. The summed E-state index contributed by atoms with van der Waals surface area (Å²) in [6, 6.07) is 3.25. The average Bonchev–Trinajstić information content (AvgIpc) is 2.42. The highest BCUT2D eigenvalue weighted by molar-refractivity contribution is 6.44. The molecule has 0 amide bonds. The van der Waals surface area contributed by atoms with Crippen LogP contribution in [0.3, 0.4) is 0 Å². The van der Waals surface area contributed by atoms with E-state index in [1.807, 2.05) is 0 Å². The number of benzene rings is 1. The van der Waals surface area contributed by atoms with E-state index in [1.54, 1.807) is 12.1 Å². The van der Waals surface area contributed by atoms with E-state index >= 15 is 0 Å². The average molecular weight is 340 g/mol. The van der Waals surface area contributed by atoms with Gasteiger partial charge in [0.15, 0.2) is 0 Å². The first-order valence-corrected chi connectivity index (χ1v) is 7.56. The zero-order chi connectivity index (χ0) is 14.5. The molecule has 1 atom stereocenters. The maximum absolute atomic E-state index is 10.0. The van der Waals surface area contributed by atoms with Crippen LogP contribution in [0.5, 0.6) is 0 Å². The van der Waals surface area contributed by atoms with Crippen LogP contribution in [-0.4, -0.2) is 55.5 Å². The molecule has 112 valence electrons. The molecule has 1 aliphatic rings. The Balaban J connectivity index is 1.83. The second-order valence-electron chi connectivity index (χ2n) is 4.69. The molecule has 0 aliphatic carbocycles. The van der Waals surface area contributed by atoms with E-state index in [-0.39, 0.29) is 0 Å². The lowest BCUT2D eigenvalue weighted by Crippen LogP contribution is -2.42. The van der Waals surface area contributed by atoms with Crippen molar-refractivity contribution in [2.45, 2.75) is 6.10 Å². The largest absolute Gasteiger partial charge is 0.390 e. The molecule has 0 bridgehead atoms. The molecule has 0 aromatic heterocycles. The summed E-state index contributed by atoms with van der Waals surface area (Å²) in [7, 11) is 0. The van der Waals surface area contributed by atoms with Gasteiger partial charge < -0.3 is 15.2 Å². The van der Waals surface area contributed by atoms with Crippen molar-refractivity contribution < 1.29 is 9.84 Å². The van der Waals surface area contributed by atoms with Crippen molar-refractivity contribution in [3.63, 3.8) is 0 Å².